The Morgan fingerprint density at radius 3 is 2.50 bits per heavy atom. The van der Waals surface area contributed by atoms with Crippen LogP contribution in [0, 0.1) is 0 Å². The number of halogens is 1. The average molecular weight is 237 g/mol. The Kier molecular flexibility index (Phi) is 4.09. The number of carboxylic acid groups (broad SMARTS) is 1. The minimum absolute atomic E-state index is 0. The van der Waals surface area contributed by atoms with Gasteiger partial charge in [-0.25, -0.2) is 4.79 Å². The van der Waals surface area contributed by atoms with Gasteiger partial charge in [0.25, 0.3) is 0 Å². The van der Waals surface area contributed by atoms with Crippen LogP contribution in [0.5, 0.6) is 0 Å². The zero-order valence-electron chi connectivity index (χ0n) is 7.10. The maximum absolute atomic E-state index is 10.6. The standard InChI is InChI=1S/C7H12N2O2.BrH/c1-3-6-8(2)4-5-9(6)7(10)11;/h4-6H,3H2,1-2H3,(H,10,11);1H. The minimum atomic E-state index is -0.891. The second kappa shape index (κ2) is 4.35. The van der Waals surface area contributed by atoms with Crippen molar-refractivity contribution < 1.29 is 9.90 Å². The molecule has 1 aliphatic heterocycles. The summed E-state index contributed by atoms with van der Waals surface area (Å²) in [5.74, 6) is 0. The highest BCUT2D eigenvalue weighted by Gasteiger charge is 2.26. The minimum Gasteiger partial charge on any atom is -0.465 e. The van der Waals surface area contributed by atoms with E-state index in [-0.39, 0.29) is 23.1 Å². The Hall–Kier alpha value is -0.710. The van der Waals surface area contributed by atoms with Crippen molar-refractivity contribution in [3.8, 4) is 0 Å². The summed E-state index contributed by atoms with van der Waals surface area (Å²) in [7, 11) is 1.87. The number of amides is 1. The van der Waals surface area contributed by atoms with Gasteiger partial charge < -0.3 is 10.0 Å². The molecule has 4 nitrogen and oxygen atoms in total. The normalized spacial score (nSPS) is 21.0. The molecule has 1 N–H and O–H groups in total. The second-order valence-electron chi connectivity index (χ2n) is 2.54. The maximum atomic E-state index is 10.6. The van der Waals surface area contributed by atoms with Gasteiger partial charge in [-0.3, -0.25) is 4.90 Å². The fourth-order valence-electron chi connectivity index (χ4n) is 1.25. The predicted octanol–water partition coefficient (Wildman–Crippen LogP) is 1.70. The lowest BCUT2D eigenvalue weighted by Gasteiger charge is -2.25. The van der Waals surface area contributed by atoms with Gasteiger partial charge in [0, 0.05) is 19.4 Å². The molecule has 1 amide bonds. The number of hydrogen-bond donors (Lipinski definition) is 1. The highest BCUT2D eigenvalue weighted by Crippen LogP contribution is 2.15. The Morgan fingerprint density at radius 2 is 2.17 bits per heavy atom. The molecule has 0 spiro atoms. The van der Waals surface area contributed by atoms with E-state index in [1.165, 1.54) is 4.90 Å². The van der Waals surface area contributed by atoms with Crippen LogP contribution >= 0.6 is 17.0 Å². The van der Waals surface area contributed by atoms with Gasteiger partial charge in [0.2, 0.25) is 0 Å². The summed E-state index contributed by atoms with van der Waals surface area (Å²) in [4.78, 5) is 13.8. The summed E-state index contributed by atoms with van der Waals surface area (Å²) in [6, 6.07) is 0. The fraction of sp³-hybridized carbons (Fsp3) is 0.571. The highest BCUT2D eigenvalue weighted by atomic mass is 79.9. The van der Waals surface area contributed by atoms with E-state index < -0.39 is 6.09 Å². The Morgan fingerprint density at radius 1 is 1.58 bits per heavy atom. The van der Waals surface area contributed by atoms with Crippen molar-refractivity contribution in [2.75, 3.05) is 7.05 Å². The predicted molar refractivity (Wildman–Crippen MR) is 51.2 cm³/mol. The lowest BCUT2D eigenvalue weighted by Crippen LogP contribution is -2.38. The summed E-state index contributed by atoms with van der Waals surface area (Å²) in [5, 5.41) is 8.68. The number of carbonyl (C=O) groups is 1. The van der Waals surface area contributed by atoms with E-state index in [9.17, 15) is 4.79 Å². The van der Waals surface area contributed by atoms with Crippen molar-refractivity contribution in [1.82, 2.24) is 9.80 Å². The molecular formula is C7H13BrN2O2. The van der Waals surface area contributed by atoms with Crippen molar-refractivity contribution >= 4 is 23.1 Å². The van der Waals surface area contributed by atoms with Gasteiger partial charge >= 0.3 is 6.09 Å². The van der Waals surface area contributed by atoms with Crippen LogP contribution in [0.15, 0.2) is 12.4 Å². The number of rotatable bonds is 1. The number of nitrogens with zero attached hydrogens (tertiary/aromatic N) is 2. The van der Waals surface area contributed by atoms with Crippen LogP contribution in [-0.4, -0.2) is 34.2 Å². The molecule has 1 atom stereocenters. The lowest BCUT2D eigenvalue weighted by atomic mass is 10.3. The molecule has 5 heteroatoms. The first-order chi connectivity index (χ1) is 5.16. The van der Waals surface area contributed by atoms with Crippen LogP contribution in [0.25, 0.3) is 0 Å². The van der Waals surface area contributed by atoms with E-state index in [0.29, 0.717) is 0 Å². The summed E-state index contributed by atoms with van der Waals surface area (Å²) in [6.07, 6.45) is 3.24. The van der Waals surface area contributed by atoms with Gasteiger partial charge in [-0.05, 0) is 6.42 Å². The molecule has 0 aromatic carbocycles. The summed E-state index contributed by atoms with van der Waals surface area (Å²) in [5.41, 5.74) is 0. The molecule has 1 rings (SSSR count). The fourth-order valence-corrected chi connectivity index (χ4v) is 1.25. The van der Waals surface area contributed by atoms with E-state index in [4.69, 9.17) is 5.11 Å². The monoisotopic (exact) mass is 236 g/mol. The lowest BCUT2D eigenvalue weighted by molar-refractivity contribution is 0.122. The smallest absolute Gasteiger partial charge is 0.413 e. The number of hydrogen-bond acceptors (Lipinski definition) is 2. The molecule has 0 fully saturated rings. The van der Waals surface area contributed by atoms with Crippen LogP contribution in [0.3, 0.4) is 0 Å². The van der Waals surface area contributed by atoms with E-state index >= 15 is 0 Å². The molecule has 70 valence electrons. The van der Waals surface area contributed by atoms with Gasteiger partial charge in [-0.2, -0.15) is 0 Å². The Bertz CT molecular complexity index is 196. The Balaban J connectivity index is 0.00000121. The first-order valence-corrected chi connectivity index (χ1v) is 3.58. The zero-order chi connectivity index (χ0) is 8.43. The van der Waals surface area contributed by atoms with E-state index in [1.807, 2.05) is 18.9 Å². The largest absolute Gasteiger partial charge is 0.465 e. The first kappa shape index (κ1) is 11.3. The molecule has 0 bridgehead atoms. The SMILES string of the molecule is Br.CCC1N(C)C=CN1C(=O)O. The molecular weight excluding hydrogens is 224 g/mol. The topological polar surface area (TPSA) is 43.8 Å². The van der Waals surface area contributed by atoms with Gasteiger partial charge in [0.15, 0.2) is 0 Å². The quantitative estimate of drug-likeness (QED) is 0.754. The summed E-state index contributed by atoms with van der Waals surface area (Å²) in [6.45, 7) is 1.96. The van der Waals surface area contributed by atoms with Crippen LogP contribution in [0.1, 0.15) is 13.3 Å². The molecule has 0 radical (unpaired) electrons. The molecule has 0 saturated heterocycles. The van der Waals surface area contributed by atoms with Crippen molar-refractivity contribution in [3.63, 3.8) is 0 Å². The second-order valence-corrected chi connectivity index (χ2v) is 2.54. The van der Waals surface area contributed by atoms with Crippen molar-refractivity contribution in [1.29, 1.82) is 0 Å². The molecule has 0 aliphatic carbocycles. The van der Waals surface area contributed by atoms with Crippen LogP contribution < -0.4 is 0 Å². The van der Waals surface area contributed by atoms with E-state index in [1.54, 1.807) is 12.4 Å². The van der Waals surface area contributed by atoms with Crippen molar-refractivity contribution in [3.05, 3.63) is 12.4 Å². The van der Waals surface area contributed by atoms with Crippen molar-refractivity contribution in [2.24, 2.45) is 0 Å². The summed E-state index contributed by atoms with van der Waals surface area (Å²) >= 11 is 0. The molecule has 1 unspecified atom stereocenters. The van der Waals surface area contributed by atoms with Crippen LogP contribution in [0.2, 0.25) is 0 Å². The summed E-state index contributed by atoms with van der Waals surface area (Å²) < 4.78 is 0. The third kappa shape index (κ3) is 1.91. The van der Waals surface area contributed by atoms with Gasteiger partial charge in [-0.1, -0.05) is 6.92 Å². The Labute approximate surface area is 82.2 Å². The maximum Gasteiger partial charge on any atom is 0.413 e. The average Bonchev–Trinajstić information content (AvgIpc) is 2.30. The molecule has 12 heavy (non-hydrogen) atoms. The molecule has 1 heterocycles. The van der Waals surface area contributed by atoms with E-state index in [2.05, 4.69) is 0 Å². The third-order valence-electron chi connectivity index (χ3n) is 1.84. The van der Waals surface area contributed by atoms with Gasteiger partial charge in [0.05, 0.1) is 0 Å². The molecule has 0 aromatic heterocycles. The van der Waals surface area contributed by atoms with Gasteiger partial charge in [-0.15, -0.1) is 17.0 Å². The highest BCUT2D eigenvalue weighted by molar-refractivity contribution is 8.93. The van der Waals surface area contributed by atoms with Crippen LogP contribution in [0.4, 0.5) is 4.79 Å². The van der Waals surface area contributed by atoms with Crippen LogP contribution in [-0.2, 0) is 0 Å². The van der Waals surface area contributed by atoms with Crippen molar-refractivity contribution in [2.45, 2.75) is 19.5 Å². The first-order valence-electron chi connectivity index (χ1n) is 3.58. The zero-order valence-corrected chi connectivity index (χ0v) is 8.81. The molecule has 0 saturated carbocycles. The third-order valence-corrected chi connectivity index (χ3v) is 1.84. The molecule has 1 aliphatic rings. The molecule has 0 aromatic rings. The van der Waals surface area contributed by atoms with Gasteiger partial charge in [0.1, 0.15) is 6.17 Å². The van der Waals surface area contributed by atoms with E-state index in [0.717, 1.165) is 6.42 Å².